The number of rotatable bonds is 2. The van der Waals surface area contributed by atoms with E-state index in [2.05, 4.69) is 21.7 Å². The zero-order chi connectivity index (χ0) is 14.4. The monoisotopic (exact) mass is 294 g/mol. The van der Waals surface area contributed by atoms with E-state index in [0.29, 0.717) is 5.56 Å². The van der Waals surface area contributed by atoms with Crippen molar-refractivity contribution in [2.45, 2.75) is 25.4 Å². The van der Waals surface area contributed by atoms with Crippen LogP contribution in [0.3, 0.4) is 0 Å². The lowest BCUT2D eigenvalue weighted by atomic mass is 10.1. The van der Waals surface area contributed by atoms with Gasteiger partial charge in [-0.15, -0.1) is 11.3 Å². The van der Waals surface area contributed by atoms with E-state index < -0.39 is 0 Å². The fraction of sp³-hybridized carbons (Fsp3) is 0.250. The minimum atomic E-state index is 0.192. The molecule has 5 heteroatoms. The van der Waals surface area contributed by atoms with Crippen LogP contribution in [0.4, 0.5) is 0 Å². The van der Waals surface area contributed by atoms with Crippen molar-refractivity contribution in [2.24, 2.45) is 5.73 Å². The van der Waals surface area contributed by atoms with Crippen molar-refractivity contribution in [1.29, 1.82) is 5.26 Å². The van der Waals surface area contributed by atoms with Crippen LogP contribution >= 0.6 is 11.3 Å². The van der Waals surface area contributed by atoms with Crippen LogP contribution in [0.2, 0.25) is 0 Å². The van der Waals surface area contributed by atoms with E-state index in [1.165, 1.54) is 27.0 Å². The van der Waals surface area contributed by atoms with Crippen molar-refractivity contribution in [2.75, 3.05) is 0 Å². The minimum Gasteiger partial charge on any atom is -0.339 e. The topological polar surface area (TPSA) is 67.6 Å². The Balaban J connectivity index is 1.93. The second-order valence-electron chi connectivity index (χ2n) is 5.49. The molecule has 0 saturated heterocycles. The maximum atomic E-state index is 9.12. The Hall–Kier alpha value is -2.16. The summed E-state index contributed by atoms with van der Waals surface area (Å²) in [6, 6.07) is 8.36. The Morgan fingerprint density at radius 2 is 2.33 bits per heavy atom. The molecule has 1 unspecified atom stereocenters. The van der Waals surface area contributed by atoms with Gasteiger partial charge in [-0.2, -0.15) is 5.26 Å². The smallest absolute Gasteiger partial charge is 0.0991 e. The molecular weight excluding hydrogens is 280 g/mol. The highest BCUT2D eigenvalue weighted by molar-refractivity contribution is 7.09. The van der Waals surface area contributed by atoms with E-state index in [0.717, 1.165) is 19.4 Å². The third kappa shape index (κ3) is 1.96. The number of fused-ring (bicyclic) bond motifs is 3. The summed E-state index contributed by atoms with van der Waals surface area (Å²) in [6.45, 7) is 0.828. The van der Waals surface area contributed by atoms with E-state index in [1.54, 1.807) is 11.3 Å². The summed E-state index contributed by atoms with van der Waals surface area (Å²) in [5.74, 6) is 0. The van der Waals surface area contributed by atoms with Gasteiger partial charge >= 0.3 is 0 Å². The Bertz CT molecular complexity index is 855. The number of nitrogens with zero attached hydrogens (tertiary/aromatic N) is 3. The summed E-state index contributed by atoms with van der Waals surface area (Å²) in [4.78, 5) is 5.39. The lowest BCUT2D eigenvalue weighted by Gasteiger charge is -2.09. The quantitative estimate of drug-likeness (QED) is 0.789. The summed E-state index contributed by atoms with van der Waals surface area (Å²) < 4.78 is 2.34. The molecule has 104 valence electrons. The molecule has 2 aromatic heterocycles. The van der Waals surface area contributed by atoms with Gasteiger partial charge in [0.15, 0.2) is 0 Å². The number of hydrogen-bond acceptors (Lipinski definition) is 4. The molecule has 0 bridgehead atoms. The zero-order valence-corrected chi connectivity index (χ0v) is 12.2. The van der Waals surface area contributed by atoms with Crippen molar-refractivity contribution < 1.29 is 0 Å². The molecule has 1 atom stereocenters. The van der Waals surface area contributed by atoms with Crippen molar-refractivity contribution >= 4 is 22.2 Å². The Morgan fingerprint density at radius 3 is 3.10 bits per heavy atom. The molecule has 1 aromatic carbocycles. The Kier molecular flexibility index (Phi) is 2.81. The summed E-state index contributed by atoms with van der Waals surface area (Å²) in [5.41, 5.74) is 12.5. The van der Waals surface area contributed by atoms with E-state index in [4.69, 9.17) is 11.0 Å². The largest absolute Gasteiger partial charge is 0.339 e. The van der Waals surface area contributed by atoms with Crippen LogP contribution in [0.5, 0.6) is 0 Å². The Morgan fingerprint density at radius 1 is 1.43 bits per heavy atom. The van der Waals surface area contributed by atoms with Crippen LogP contribution in [0.1, 0.15) is 21.7 Å². The molecule has 4 nitrogen and oxygen atoms in total. The highest BCUT2D eigenvalue weighted by atomic mass is 32.1. The molecular formula is C16H14N4S. The normalized spacial score (nSPS) is 17.0. The highest BCUT2D eigenvalue weighted by Gasteiger charge is 2.26. The molecule has 4 rings (SSSR count). The van der Waals surface area contributed by atoms with Crippen molar-refractivity contribution in [3.63, 3.8) is 0 Å². The number of aromatic nitrogens is 2. The van der Waals surface area contributed by atoms with Crippen molar-refractivity contribution in [3.8, 4) is 6.07 Å². The predicted octanol–water partition coefficient (Wildman–Crippen LogP) is 2.44. The molecule has 2 N–H and O–H groups in total. The fourth-order valence-corrected chi connectivity index (χ4v) is 3.83. The van der Waals surface area contributed by atoms with Crippen LogP contribution in [-0.2, 0) is 19.4 Å². The summed E-state index contributed by atoms with van der Waals surface area (Å²) in [7, 11) is 0. The first-order chi connectivity index (χ1) is 10.3. The van der Waals surface area contributed by atoms with Gasteiger partial charge < -0.3 is 10.3 Å². The average molecular weight is 294 g/mol. The van der Waals surface area contributed by atoms with Gasteiger partial charge in [-0.25, -0.2) is 0 Å². The molecule has 0 radical (unpaired) electrons. The third-order valence-corrected chi connectivity index (χ3v) is 4.90. The van der Waals surface area contributed by atoms with Crippen molar-refractivity contribution in [1.82, 2.24) is 9.55 Å². The van der Waals surface area contributed by atoms with E-state index in [-0.39, 0.29) is 6.04 Å². The SMILES string of the molecule is N#Cc1ccc2c(c1)c1c(n2Cc2cncs2)CC(N)C1. The van der Waals surface area contributed by atoms with Gasteiger partial charge in [0.2, 0.25) is 0 Å². The van der Waals surface area contributed by atoms with Crippen molar-refractivity contribution in [3.05, 3.63) is 51.6 Å². The zero-order valence-electron chi connectivity index (χ0n) is 11.4. The number of nitriles is 1. The third-order valence-electron chi connectivity index (χ3n) is 4.14. The second-order valence-corrected chi connectivity index (χ2v) is 6.46. The number of hydrogen-bond donors (Lipinski definition) is 1. The van der Waals surface area contributed by atoms with E-state index in [9.17, 15) is 0 Å². The maximum absolute atomic E-state index is 9.12. The minimum absolute atomic E-state index is 0.192. The molecule has 3 aromatic rings. The van der Waals surface area contributed by atoms with Gasteiger partial charge in [0.05, 0.1) is 23.7 Å². The number of thiazole rings is 1. The fourth-order valence-electron chi connectivity index (χ4n) is 3.25. The van der Waals surface area contributed by atoms with Gasteiger partial charge in [-0.05, 0) is 30.2 Å². The van der Waals surface area contributed by atoms with Crippen LogP contribution in [0.15, 0.2) is 29.9 Å². The van der Waals surface area contributed by atoms with Crippen LogP contribution in [0.25, 0.3) is 10.9 Å². The Labute approximate surface area is 126 Å². The molecule has 0 saturated carbocycles. The molecule has 0 aliphatic heterocycles. The number of benzene rings is 1. The summed E-state index contributed by atoms with van der Waals surface area (Å²) >= 11 is 1.67. The van der Waals surface area contributed by atoms with Gasteiger partial charge in [0.25, 0.3) is 0 Å². The van der Waals surface area contributed by atoms with E-state index in [1.807, 2.05) is 23.8 Å². The summed E-state index contributed by atoms with van der Waals surface area (Å²) in [5, 5.41) is 10.3. The molecule has 0 amide bonds. The standard InChI is InChI=1S/C16H14N4S/c17-6-10-1-2-15-13(3-10)14-4-11(18)5-16(14)20(15)8-12-7-19-9-21-12/h1-3,7,9,11H,4-5,8,18H2. The lowest BCUT2D eigenvalue weighted by Crippen LogP contribution is -2.20. The van der Waals surface area contributed by atoms with Crippen LogP contribution < -0.4 is 5.73 Å². The first-order valence-electron chi connectivity index (χ1n) is 6.93. The maximum Gasteiger partial charge on any atom is 0.0991 e. The highest BCUT2D eigenvalue weighted by Crippen LogP contribution is 2.34. The first kappa shape index (κ1) is 12.6. The lowest BCUT2D eigenvalue weighted by molar-refractivity contribution is 0.689. The molecule has 0 fully saturated rings. The molecule has 1 aliphatic carbocycles. The van der Waals surface area contributed by atoms with E-state index >= 15 is 0 Å². The average Bonchev–Trinajstić information content (AvgIpc) is 3.18. The predicted molar refractivity (Wildman–Crippen MR) is 83.3 cm³/mol. The van der Waals surface area contributed by atoms with Crippen LogP contribution in [-0.4, -0.2) is 15.6 Å². The summed E-state index contributed by atoms with van der Waals surface area (Å²) in [6.07, 6.45) is 3.72. The molecule has 0 spiro atoms. The van der Waals surface area contributed by atoms with Crippen LogP contribution in [0, 0.1) is 11.3 Å². The molecule has 2 heterocycles. The molecule has 21 heavy (non-hydrogen) atoms. The van der Waals surface area contributed by atoms with Gasteiger partial charge in [-0.1, -0.05) is 0 Å². The number of nitrogens with two attached hydrogens (primary N) is 1. The van der Waals surface area contributed by atoms with Gasteiger partial charge in [-0.3, -0.25) is 4.98 Å². The van der Waals surface area contributed by atoms with Gasteiger partial charge in [0, 0.05) is 40.1 Å². The van der Waals surface area contributed by atoms with Gasteiger partial charge in [0.1, 0.15) is 0 Å². The second kappa shape index (κ2) is 4.69. The first-order valence-corrected chi connectivity index (χ1v) is 7.81. The molecule has 1 aliphatic rings.